The van der Waals surface area contributed by atoms with Gasteiger partial charge in [-0.15, -0.1) is 0 Å². The van der Waals surface area contributed by atoms with Gasteiger partial charge < -0.3 is 15.4 Å². The molecule has 0 spiro atoms. The van der Waals surface area contributed by atoms with Crippen molar-refractivity contribution in [2.75, 3.05) is 19.7 Å². The normalized spacial score (nSPS) is 14.8. The van der Waals surface area contributed by atoms with Crippen LogP contribution >= 0.6 is 0 Å². The molecule has 0 aromatic heterocycles. The Kier molecular flexibility index (Phi) is 5.01. The van der Waals surface area contributed by atoms with E-state index in [4.69, 9.17) is 4.74 Å². The first-order valence-electron chi connectivity index (χ1n) is 7.32. The Morgan fingerprint density at radius 3 is 2.90 bits per heavy atom. The molecule has 1 aromatic rings. The fourth-order valence-electron chi connectivity index (χ4n) is 2.22. The predicted molar refractivity (Wildman–Crippen MR) is 79.9 cm³/mol. The Labute approximate surface area is 120 Å². The van der Waals surface area contributed by atoms with Gasteiger partial charge in [-0.05, 0) is 30.0 Å². The molecule has 0 bridgehead atoms. The third-order valence-electron chi connectivity index (χ3n) is 3.49. The minimum Gasteiger partial charge on any atom is -0.493 e. The van der Waals surface area contributed by atoms with E-state index >= 15 is 0 Å². The molecular formula is C16H24N2O2. The van der Waals surface area contributed by atoms with Crippen molar-refractivity contribution in [3.63, 3.8) is 0 Å². The molecule has 2 rings (SSSR count). The van der Waals surface area contributed by atoms with E-state index in [9.17, 15) is 4.79 Å². The van der Waals surface area contributed by atoms with Gasteiger partial charge in [-0.3, -0.25) is 4.79 Å². The fraction of sp³-hybridized carbons (Fsp3) is 0.562. The summed E-state index contributed by atoms with van der Waals surface area (Å²) in [7, 11) is 0. The highest BCUT2D eigenvalue weighted by atomic mass is 16.5. The first kappa shape index (κ1) is 14.9. The van der Waals surface area contributed by atoms with Crippen LogP contribution in [-0.4, -0.2) is 25.6 Å². The number of carbonyl (C=O) groups is 1. The van der Waals surface area contributed by atoms with Gasteiger partial charge in [0.15, 0.2) is 0 Å². The zero-order chi connectivity index (χ0) is 14.5. The number of hydrogen-bond donors (Lipinski definition) is 2. The SMILES string of the molecule is CC(C)CNC(=O)CNC(C)c1ccc2c(c1)CCO2. The van der Waals surface area contributed by atoms with Gasteiger partial charge in [-0.25, -0.2) is 0 Å². The quantitative estimate of drug-likeness (QED) is 0.836. The highest BCUT2D eigenvalue weighted by molar-refractivity contribution is 5.78. The maximum Gasteiger partial charge on any atom is 0.233 e. The lowest BCUT2D eigenvalue weighted by Crippen LogP contribution is -2.36. The lowest BCUT2D eigenvalue weighted by molar-refractivity contribution is -0.120. The van der Waals surface area contributed by atoms with Crippen LogP contribution in [0.1, 0.15) is 37.9 Å². The molecule has 20 heavy (non-hydrogen) atoms. The molecule has 0 radical (unpaired) electrons. The first-order valence-corrected chi connectivity index (χ1v) is 7.32. The highest BCUT2D eigenvalue weighted by Gasteiger charge is 2.14. The van der Waals surface area contributed by atoms with Crippen molar-refractivity contribution in [1.82, 2.24) is 10.6 Å². The van der Waals surface area contributed by atoms with Crippen LogP contribution in [0.2, 0.25) is 0 Å². The number of hydrogen-bond acceptors (Lipinski definition) is 3. The molecule has 1 aliphatic heterocycles. The van der Waals surface area contributed by atoms with E-state index in [0.717, 1.165) is 25.3 Å². The molecule has 0 fully saturated rings. The minimum atomic E-state index is 0.0510. The lowest BCUT2D eigenvalue weighted by atomic mass is 10.0. The summed E-state index contributed by atoms with van der Waals surface area (Å²) in [6.45, 7) is 8.10. The second-order valence-electron chi connectivity index (χ2n) is 5.77. The number of rotatable bonds is 6. The van der Waals surface area contributed by atoms with E-state index in [-0.39, 0.29) is 11.9 Å². The number of benzene rings is 1. The summed E-state index contributed by atoms with van der Waals surface area (Å²) in [4.78, 5) is 11.7. The van der Waals surface area contributed by atoms with E-state index in [1.54, 1.807) is 0 Å². The molecule has 0 aliphatic carbocycles. The fourth-order valence-corrected chi connectivity index (χ4v) is 2.22. The Balaban J connectivity index is 1.82. The van der Waals surface area contributed by atoms with Crippen molar-refractivity contribution in [1.29, 1.82) is 0 Å². The van der Waals surface area contributed by atoms with Crippen molar-refractivity contribution in [2.24, 2.45) is 5.92 Å². The smallest absolute Gasteiger partial charge is 0.233 e. The molecule has 1 aliphatic rings. The summed E-state index contributed by atoms with van der Waals surface area (Å²) < 4.78 is 5.50. The Morgan fingerprint density at radius 2 is 2.15 bits per heavy atom. The molecule has 4 heteroatoms. The second-order valence-corrected chi connectivity index (χ2v) is 5.77. The van der Waals surface area contributed by atoms with Gasteiger partial charge in [0.05, 0.1) is 13.2 Å². The zero-order valence-electron chi connectivity index (χ0n) is 12.5. The van der Waals surface area contributed by atoms with Crippen molar-refractivity contribution < 1.29 is 9.53 Å². The van der Waals surface area contributed by atoms with Crippen molar-refractivity contribution in [3.05, 3.63) is 29.3 Å². The van der Waals surface area contributed by atoms with E-state index in [2.05, 4.69) is 43.5 Å². The van der Waals surface area contributed by atoms with Gasteiger partial charge in [-0.2, -0.15) is 0 Å². The van der Waals surface area contributed by atoms with Crippen LogP contribution < -0.4 is 15.4 Å². The van der Waals surface area contributed by atoms with E-state index in [1.807, 2.05) is 6.07 Å². The maximum atomic E-state index is 11.7. The third kappa shape index (κ3) is 3.97. The molecule has 1 amide bonds. The van der Waals surface area contributed by atoms with Crippen LogP contribution in [0.25, 0.3) is 0 Å². The van der Waals surface area contributed by atoms with Crippen LogP contribution in [0.15, 0.2) is 18.2 Å². The highest BCUT2D eigenvalue weighted by Crippen LogP contribution is 2.27. The summed E-state index contributed by atoms with van der Waals surface area (Å²) in [6, 6.07) is 6.42. The zero-order valence-corrected chi connectivity index (χ0v) is 12.5. The Morgan fingerprint density at radius 1 is 1.35 bits per heavy atom. The summed E-state index contributed by atoms with van der Waals surface area (Å²) in [5.41, 5.74) is 2.46. The predicted octanol–water partition coefficient (Wildman–Crippen LogP) is 2.04. The van der Waals surface area contributed by atoms with Crippen LogP contribution in [0.3, 0.4) is 0 Å². The molecule has 4 nitrogen and oxygen atoms in total. The van der Waals surface area contributed by atoms with Crippen molar-refractivity contribution in [3.8, 4) is 5.75 Å². The Hall–Kier alpha value is -1.55. The summed E-state index contributed by atoms with van der Waals surface area (Å²) in [5.74, 6) is 1.53. The lowest BCUT2D eigenvalue weighted by Gasteiger charge is -2.15. The average Bonchev–Trinajstić information content (AvgIpc) is 2.89. The van der Waals surface area contributed by atoms with Crippen LogP contribution in [-0.2, 0) is 11.2 Å². The van der Waals surface area contributed by atoms with Crippen LogP contribution in [0, 0.1) is 5.92 Å². The largest absolute Gasteiger partial charge is 0.493 e. The average molecular weight is 276 g/mol. The van der Waals surface area contributed by atoms with Gasteiger partial charge in [0.1, 0.15) is 5.75 Å². The number of carbonyl (C=O) groups excluding carboxylic acids is 1. The molecule has 1 aromatic carbocycles. The van der Waals surface area contributed by atoms with Gasteiger partial charge >= 0.3 is 0 Å². The topological polar surface area (TPSA) is 50.4 Å². The summed E-state index contributed by atoms with van der Waals surface area (Å²) >= 11 is 0. The molecule has 1 atom stereocenters. The van der Waals surface area contributed by atoms with Gasteiger partial charge in [0.25, 0.3) is 0 Å². The number of amides is 1. The van der Waals surface area contributed by atoms with E-state index < -0.39 is 0 Å². The first-order chi connectivity index (χ1) is 9.56. The molecule has 110 valence electrons. The molecular weight excluding hydrogens is 252 g/mol. The van der Waals surface area contributed by atoms with E-state index in [1.165, 1.54) is 11.1 Å². The summed E-state index contributed by atoms with van der Waals surface area (Å²) in [6.07, 6.45) is 0.977. The monoisotopic (exact) mass is 276 g/mol. The summed E-state index contributed by atoms with van der Waals surface area (Å²) in [5, 5.41) is 6.17. The van der Waals surface area contributed by atoms with Gasteiger partial charge in [0.2, 0.25) is 5.91 Å². The number of nitrogens with one attached hydrogen (secondary N) is 2. The van der Waals surface area contributed by atoms with Gasteiger partial charge in [-0.1, -0.05) is 26.0 Å². The molecule has 0 saturated carbocycles. The minimum absolute atomic E-state index is 0.0510. The maximum absolute atomic E-state index is 11.7. The van der Waals surface area contributed by atoms with Gasteiger partial charge in [0, 0.05) is 19.0 Å². The number of fused-ring (bicyclic) bond motifs is 1. The second kappa shape index (κ2) is 6.75. The Bertz CT molecular complexity index is 472. The molecule has 1 heterocycles. The number of ether oxygens (including phenoxy) is 1. The van der Waals surface area contributed by atoms with E-state index in [0.29, 0.717) is 12.5 Å². The standard InChI is InChI=1S/C16H24N2O2/c1-11(2)9-18-16(19)10-17-12(3)13-4-5-15-14(8-13)6-7-20-15/h4-5,8,11-12,17H,6-7,9-10H2,1-3H3,(H,18,19). The van der Waals surface area contributed by atoms with Crippen LogP contribution in [0.5, 0.6) is 5.75 Å². The molecule has 1 unspecified atom stereocenters. The van der Waals surface area contributed by atoms with Crippen molar-refractivity contribution in [2.45, 2.75) is 33.2 Å². The molecule has 0 saturated heterocycles. The van der Waals surface area contributed by atoms with Crippen molar-refractivity contribution >= 4 is 5.91 Å². The van der Waals surface area contributed by atoms with Crippen LogP contribution in [0.4, 0.5) is 0 Å². The molecule has 2 N–H and O–H groups in total. The third-order valence-corrected chi connectivity index (χ3v) is 3.49.